The Balaban J connectivity index is 1.69. The highest BCUT2D eigenvalue weighted by Gasteiger charge is 2.42. The number of benzene rings is 1. The number of hydrogen-bond donors (Lipinski definition) is 3. The molecule has 1 aromatic carbocycles. The summed E-state index contributed by atoms with van der Waals surface area (Å²) in [6, 6.07) is 6.32. The number of aliphatic hydroxyl groups excluding tert-OH is 1. The van der Waals surface area contributed by atoms with Crippen molar-refractivity contribution in [1.29, 1.82) is 0 Å². The van der Waals surface area contributed by atoms with Crippen molar-refractivity contribution in [3.8, 4) is 10.4 Å². The number of nitrogens with one attached hydrogen (secondary N) is 1. The minimum Gasteiger partial charge on any atom is -0.391 e. The highest BCUT2D eigenvalue weighted by atomic mass is 32.1. The SMILES string of the molecule is Cc1ncsc1-c1ccc([C@@H](C)NC(=O)C2C[C@H](O)CN2C(=O)[C@H](N)C(C)(C)C)cc1. The molecular formula is C23H32N4O3S. The van der Waals surface area contributed by atoms with Crippen LogP contribution in [0.4, 0.5) is 0 Å². The number of likely N-dealkylation sites (tertiary alicyclic amines) is 1. The normalized spacial score (nSPS) is 21.1. The first-order valence-corrected chi connectivity index (χ1v) is 11.4. The van der Waals surface area contributed by atoms with Gasteiger partial charge in [-0.3, -0.25) is 9.59 Å². The number of aryl methyl sites for hydroxylation is 1. The number of aromatic nitrogens is 1. The molecule has 0 radical (unpaired) electrons. The van der Waals surface area contributed by atoms with Crippen LogP contribution >= 0.6 is 11.3 Å². The maximum atomic E-state index is 13.0. The lowest BCUT2D eigenvalue weighted by Crippen LogP contribution is -2.55. The van der Waals surface area contributed by atoms with E-state index in [2.05, 4.69) is 10.3 Å². The average Bonchev–Trinajstić information content (AvgIpc) is 3.31. The van der Waals surface area contributed by atoms with E-state index in [1.165, 1.54) is 4.90 Å². The first-order valence-electron chi connectivity index (χ1n) is 10.5. The number of β-amino-alcohol motifs (C(OH)–C–C–N with tert-alkyl or cyclic N) is 1. The van der Waals surface area contributed by atoms with Crippen LogP contribution in [0, 0.1) is 12.3 Å². The molecule has 1 fully saturated rings. The molecule has 1 saturated heterocycles. The Bertz CT molecular complexity index is 935. The Morgan fingerprint density at radius 2 is 1.94 bits per heavy atom. The summed E-state index contributed by atoms with van der Waals surface area (Å²) in [6.45, 7) is 9.67. The van der Waals surface area contributed by atoms with Crippen molar-refractivity contribution < 1.29 is 14.7 Å². The summed E-state index contributed by atoms with van der Waals surface area (Å²) >= 11 is 1.60. The van der Waals surface area contributed by atoms with E-state index in [9.17, 15) is 14.7 Å². The summed E-state index contributed by atoms with van der Waals surface area (Å²) < 4.78 is 0. The molecule has 8 heteroatoms. The predicted octanol–water partition coefficient (Wildman–Crippen LogP) is 2.63. The van der Waals surface area contributed by atoms with Crippen molar-refractivity contribution in [2.45, 2.75) is 65.3 Å². The number of hydrogen-bond acceptors (Lipinski definition) is 6. The lowest BCUT2D eigenvalue weighted by atomic mass is 9.86. The van der Waals surface area contributed by atoms with Crippen molar-refractivity contribution in [3.63, 3.8) is 0 Å². The van der Waals surface area contributed by atoms with Gasteiger partial charge in [-0.05, 0) is 30.4 Å². The number of rotatable bonds is 5. The van der Waals surface area contributed by atoms with Crippen LogP contribution in [-0.4, -0.2) is 51.5 Å². The highest BCUT2D eigenvalue weighted by Crippen LogP contribution is 2.29. The largest absolute Gasteiger partial charge is 0.391 e. The topological polar surface area (TPSA) is 109 Å². The van der Waals surface area contributed by atoms with Crippen LogP contribution in [0.5, 0.6) is 0 Å². The number of aliphatic hydroxyl groups is 1. The van der Waals surface area contributed by atoms with Crippen molar-refractivity contribution in [2.75, 3.05) is 6.54 Å². The van der Waals surface area contributed by atoms with Crippen LogP contribution < -0.4 is 11.1 Å². The Kier molecular flexibility index (Phi) is 6.83. The summed E-state index contributed by atoms with van der Waals surface area (Å²) in [5.74, 6) is -0.581. The molecule has 1 aliphatic rings. The molecule has 4 N–H and O–H groups in total. The van der Waals surface area contributed by atoms with Crippen LogP contribution in [0.15, 0.2) is 29.8 Å². The quantitative estimate of drug-likeness (QED) is 0.657. The Morgan fingerprint density at radius 3 is 2.48 bits per heavy atom. The molecule has 0 aliphatic carbocycles. The minimum absolute atomic E-state index is 0.123. The van der Waals surface area contributed by atoms with Crippen LogP contribution in [0.2, 0.25) is 0 Å². The van der Waals surface area contributed by atoms with Gasteiger partial charge < -0.3 is 21.1 Å². The number of carbonyl (C=O) groups excluding carboxylic acids is 2. The smallest absolute Gasteiger partial charge is 0.243 e. The number of nitrogens with zero attached hydrogens (tertiary/aromatic N) is 2. The molecule has 2 amide bonds. The van der Waals surface area contributed by atoms with Gasteiger partial charge in [-0.25, -0.2) is 4.98 Å². The zero-order chi connectivity index (χ0) is 22.9. The summed E-state index contributed by atoms with van der Waals surface area (Å²) in [5.41, 5.74) is 10.6. The first kappa shape index (κ1) is 23.4. The third-order valence-corrected chi connectivity index (χ3v) is 6.82. The first-order chi connectivity index (χ1) is 14.5. The average molecular weight is 445 g/mol. The molecule has 2 aromatic rings. The van der Waals surface area contributed by atoms with E-state index in [-0.39, 0.29) is 30.8 Å². The van der Waals surface area contributed by atoms with E-state index in [0.29, 0.717) is 0 Å². The summed E-state index contributed by atoms with van der Waals surface area (Å²) in [6.07, 6.45) is -0.519. The second kappa shape index (κ2) is 9.06. The zero-order valence-electron chi connectivity index (χ0n) is 18.8. The molecule has 0 bridgehead atoms. The van der Waals surface area contributed by atoms with Gasteiger partial charge in [0.1, 0.15) is 6.04 Å². The number of nitrogens with two attached hydrogens (primary N) is 1. The number of thiazole rings is 1. The van der Waals surface area contributed by atoms with Gasteiger partial charge in [0.15, 0.2) is 0 Å². The molecule has 31 heavy (non-hydrogen) atoms. The zero-order valence-corrected chi connectivity index (χ0v) is 19.6. The highest BCUT2D eigenvalue weighted by molar-refractivity contribution is 7.13. The van der Waals surface area contributed by atoms with Crippen molar-refractivity contribution >= 4 is 23.2 Å². The Labute approximate surface area is 187 Å². The van der Waals surface area contributed by atoms with Crippen molar-refractivity contribution in [2.24, 2.45) is 11.1 Å². The third-order valence-electron chi connectivity index (χ3n) is 5.84. The standard InChI is InChI=1S/C23H32N4O3S/c1-13(15-6-8-16(9-7-15)19-14(2)25-12-31-19)26-21(29)18-10-17(28)11-27(18)22(30)20(24)23(3,4)5/h6-9,12-13,17-18,20,28H,10-11,24H2,1-5H3,(H,26,29)/t13-,17+,18?,20+/m1/s1. The predicted molar refractivity (Wildman–Crippen MR) is 122 cm³/mol. The Hall–Kier alpha value is -2.29. The van der Waals surface area contributed by atoms with Gasteiger partial charge in [0.05, 0.1) is 34.3 Å². The molecule has 1 aliphatic heterocycles. The molecule has 0 saturated carbocycles. The molecule has 168 valence electrons. The van der Waals surface area contributed by atoms with Gasteiger partial charge in [-0.1, -0.05) is 45.0 Å². The summed E-state index contributed by atoms with van der Waals surface area (Å²) in [4.78, 5) is 32.7. The maximum Gasteiger partial charge on any atom is 0.243 e. The van der Waals surface area contributed by atoms with E-state index >= 15 is 0 Å². The van der Waals surface area contributed by atoms with Gasteiger partial charge in [-0.15, -0.1) is 11.3 Å². The lowest BCUT2D eigenvalue weighted by molar-refractivity contribution is -0.141. The molecular weight excluding hydrogens is 412 g/mol. The fourth-order valence-electron chi connectivity index (χ4n) is 3.75. The Morgan fingerprint density at radius 1 is 1.29 bits per heavy atom. The second-order valence-corrected chi connectivity index (χ2v) is 10.2. The van der Waals surface area contributed by atoms with Crippen LogP contribution in [-0.2, 0) is 9.59 Å². The monoisotopic (exact) mass is 444 g/mol. The van der Waals surface area contributed by atoms with Crippen molar-refractivity contribution in [1.82, 2.24) is 15.2 Å². The molecule has 1 unspecified atom stereocenters. The maximum absolute atomic E-state index is 13.0. The van der Waals surface area contributed by atoms with Crippen LogP contribution in [0.25, 0.3) is 10.4 Å². The molecule has 2 heterocycles. The number of carbonyl (C=O) groups is 2. The molecule has 1 aromatic heterocycles. The summed E-state index contributed by atoms with van der Waals surface area (Å²) in [7, 11) is 0. The van der Waals surface area contributed by atoms with Crippen molar-refractivity contribution in [3.05, 3.63) is 41.0 Å². The van der Waals surface area contributed by atoms with Gasteiger partial charge in [0.25, 0.3) is 0 Å². The van der Waals surface area contributed by atoms with E-state index in [1.807, 2.05) is 64.4 Å². The van der Waals surface area contributed by atoms with Gasteiger partial charge in [-0.2, -0.15) is 0 Å². The molecule has 0 spiro atoms. The van der Waals surface area contributed by atoms with Crippen LogP contribution in [0.1, 0.15) is 51.4 Å². The van der Waals surface area contributed by atoms with Gasteiger partial charge >= 0.3 is 0 Å². The lowest BCUT2D eigenvalue weighted by Gasteiger charge is -2.32. The minimum atomic E-state index is -0.742. The van der Waals surface area contributed by atoms with E-state index < -0.39 is 23.6 Å². The molecule has 4 atom stereocenters. The van der Waals surface area contributed by atoms with Gasteiger partial charge in [0, 0.05) is 13.0 Å². The fraction of sp³-hybridized carbons (Fsp3) is 0.522. The fourth-order valence-corrected chi connectivity index (χ4v) is 4.56. The van der Waals surface area contributed by atoms with Gasteiger partial charge in [0.2, 0.25) is 11.8 Å². The van der Waals surface area contributed by atoms with E-state index in [1.54, 1.807) is 11.3 Å². The van der Waals surface area contributed by atoms with E-state index in [0.717, 1.165) is 21.7 Å². The third kappa shape index (κ3) is 5.14. The summed E-state index contributed by atoms with van der Waals surface area (Å²) in [5, 5.41) is 13.1. The van der Waals surface area contributed by atoms with E-state index in [4.69, 9.17) is 5.73 Å². The molecule has 3 rings (SSSR count). The second-order valence-electron chi connectivity index (χ2n) is 9.36. The number of amides is 2. The molecule has 7 nitrogen and oxygen atoms in total. The van der Waals surface area contributed by atoms with Crippen LogP contribution in [0.3, 0.4) is 0 Å².